The predicted octanol–water partition coefficient (Wildman–Crippen LogP) is 0.196. The average molecular weight is 218 g/mol. The van der Waals surface area contributed by atoms with Crippen LogP contribution in [0.4, 0.5) is 0 Å². The zero-order valence-electron chi connectivity index (χ0n) is 8.28. The van der Waals surface area contributed by atoms with E-state index in [9.17, 15) is 8.42 Å². The normalized spacial score (nSPS) is 33.5. The first-order chi connectivity index (χ1) is 6.63. The molecular weight excluding hydrogens is 200 g/mol. The summed E-state index contributed by atoms with van der Waals surface area (Å²) in [7, 11) is -3.02. The van der Waals surface area contributed by atoms with E-state index in [-0.39, 0.29) is 11.3 Å². The van der Waals surface area contributed by atoms with Gasteiger partial charge < -0.3 is 5.73 Å². The van der Waals surface area contributed by atoms with Gasteiger partial charge in [-0.25, -0.2) is 13.1 Å². The van der Waals surface area contributed by atoms with Crippen molar-refractivity contribution in [1.29, 1.82) is 0 Å². The Bertz CT molecular complexity index is 298. The first-order valence-corrected chi connectivity index (χ1v) is 6.89. The van der Waals surface area contributed by atoms with E-state index in [1.165, 1.54) is 0 Å². The number of nitrogens with one attached hydrogen (secondary N) is 1. The van der Waals surface area contributed by atoms with E-state index in [1.54, 1.807) is 0 Å². The third kappa shape index (κ3) is 2.10. The molecule has 4 nitrogen and oxygen atoms in total. The number of hydrogen-bond donors (Lipinski definition) is 2. The van der Waals surface area contributed by atoms with Gasteiger partial charge in [0.2, 0.25) is 10.0 Å². The molecule has 0 radical (unpaired) electrons. The summed E-state index contributed by atoms with van der Waals surface area (Å²) in [6.07, 6.45) is 4.77. The van der Waals surface area contributed by atoms with Crippen LogP contribution in [0.15, 0.2) is 0 Å². The third-order valence-corrected chi connectivity index (χ3v) is 5.22. The highest BCUT2D eigenvalue weighted by Crippen LogP contribution is 2.31. The van der Waals surface area contributed by atoms with Gasteiger partial charge in [0.1, 0.15) is 0 Å². The SMILES string of the molecule is NCC1CCCC1NS(=O)(=O)C1CC1. The second-order valence-electron chi connectivity index (χ2n) is 4.40. The van der Waals surface area contributed by atoms with Gasteiger partial charge in [0.25, 0.3) is 0 Å². The number of sulfonamides is 1. The minimum Gasteiger partial charge on any atom is -0.330 e. The summed E-state index contributed by atoms with van der Waals surface area (Å²) in [5.74, 6) is 0.350. The van der Waals surface area contributed by atoms with Crippen LogP contribution < -0.4 is 10.5 Å². The zero-order chi connectivity index (χ0) is 10.2. The lowest BCUT2D eigenvalue weighted by Crippen LogP contribution is -2.41. The van der Waals surface area contributed by atoms with Gasteiger partial charge >= 0.3 is 0 Å². The molecule has 2 aliphatic carbocycles. The molecule has 2 unspecified atom stereocenters. The van der Waals surface area contributed by atoms with Crippen molar-refractivity contribution in [3.8, 4) is 0 Å². The predicted molar refractivity (Wildman–Crippen MR) is 55.3 cm³/mol. The summed E-state index contributed by atoms with van der Waals surface area (Å²) in [5.41, 5.74) is 5.60. The summed E-state index contributed by atoms with van der Waals surface area (Å²) in [5, 5.41) is -0.110. The Kier molecular flexibility index (Phi) is 2.81. The molecule has 0 saturated heterocycles. The fourth-order valence-electron chi connectivity index (χ4n) is 2.16. The summed E-state index contributed by atoms with van der Waals surface area (Å²) in [6.45, 7) is 0.595. The molecule has 2 rings (SSSR count). The Morgan fingerprint density at radius 2 is 1.93 bits per heavy atom. The number of hydrogen-bond acceptors (Lipinski definition) is 3. The van der Waals surface area contributed by atoms with Crippen molar-refractivity contribution >= 4 is 10.0 Å². The lowest BCUT2D eigenvalue weighted by molar-refractivity contribution is 0.452. The van der Waals surface area contributed by atoms with Crippen LogP contribution in [0.25, 0.3) is 0 Å². The molecule has 0 bridgehead atoms. The fraction of sp³-hybridized carbons (Fsp3) is 1.00. The second-order valence-corrected chi connectivity index (χ2v) is 6.39. The van der Waals surface area contributed by atoms with Gasteiger partial charge in [-0.2, -0.15) is 0 Å². The molecule has 0 amide bonds. The van der Waals surface area contributed by atoms with E-state index in [0.717, 1.165) is 32.1 Å². The van der Waals surface area contributed by atoms with E-state index in [0.29, 0.717) is 12.5 Å². The Morgan fingerprint density at radius 1 is 1.21 bits per heavy atom. The summed E-state index contributed by atoms with van der Waals surface area (Å²) in [4.78, 5) is 0. The van der Waals surface area contributed by atoms with Gasteiger partial charge in [-0.15, -0.1) is 0 Å². The maximum Gasteiger partial charge on any atom is 0.214 e. The summed E-state index contributed by atoms with van der Waals surface area (Å²) >= 11 is 0. The molecule has 0 aromatic rings. The van der Waals surface area contributed by atoms with Crippen LogP contribution in [0.5, 0.6) is 0 Å². The van der Waals surface area contributed by atoms with Crippen LogP contribution in [0.1, 0.15) is 32.1 Å². The molecule has 5 heteroatoms. The molecule has 82 valence electrons. The van der Waals surface area contributed by atoms with Crippen LogP contribution in [0.3, 0.4) is 0 Å². The minimum absolute atomic E-state index is 0.102. The molecule has 0 aromatic heterocycles. The topological polar surface area (TPSA) is 72.2 Å². The van der Waals surface area contributed by atoms with E-state index in [4.69, 9.17) is 5.73 Å². The average Bonchev–Trinajstić information content (AvgIpc) is 2.89. The molecule has 0 aliphatic heterocycles. The minimum atomic E-state index is -3.02. The van der Waals surface area contributed by atoms with Gasteiger partial charge in [-0.1, -0.05) is 6.42 Å². The highest BCUT2D eigenvalue weighted by atomic mass is 32.2. The number of nitrogens with two attached hydrogens (primary N) is 1. The fourth-order valence-corrected chi connectivity index (χ4v) is 3.84. The van der Waals surface area contributed by atoms with Crippen molar-refractivity contribution in [3.05, 3.63) is 0 Å². The van der Waals surface area contributed by atoms with E-state index in [1.807, 2.05) is 0 Å². The summed E-state index contributed by atoms with van der Waals surface area (Å²) in [6, 6.07) is 0.102. The molecule has 0 heterocycles. The molecule has 14 heavy (non-hydrogen) atoms. The molecular formula is C9H18N2O2S. The van der Waals surface area contributed by atoms with Crippen LogP contribution in [0, 0.1) is 5.92 Å². The standard InChI is InChI=1S/C9H18N2O2S/c10-6-7-2-1-3-9(7)11-14(12,13)8-4-5-8/h7-9,11H,1-6,10H2. The Labute approximate surface area is 85.3 Å². The molecule has 0 aromatic carbocycles. The largest absolute Gasteiger partial charge is 0.330 e. The maximum absolute atomic E-state index is 11.7. The van der Waals surface area contributed by atoms with Crippen molar-refractivity contribution in [2.45, 2.75) is 43.4 Å². The lowest BCUT2D eigenvalue weighted by Gasteiger charge is -2.19. The van der Waals surface area contributed by atoms with Crippen molar-refractivity contribution in [2.24, 2.45) is 11.7 Å². The third-order valence-electron chi connectivity index (χ3n) is 3.24. The first-order valence-electron chi connectivity index (χ1n) is 5.34. The smallest absolute Gasteiger partial charge is 0.214 e. The highest BCUT2D eigenvalue weighted by Gasteiger charge is 2.39. The zero-order valence-corrected chi connectivity index (χ0v) is 9.09. The maximum atomic E-state index is 11.7. The van der Waals surface area contributed by atoms with Crippen LogP contribution in [0.2, 0.25) is 0 Å². The molecule has 2 saturated carbocycles. The van der Waals surface area contributed by atoms with Gasteiger partial charge in [0.05, 0.1) is 5.25 Å². The monoisotopic (exact) mass is 218 g/mol. The van der Waals surface area contributed by atoms with Crippen LogP contribution in [-0.4, -0.2) is 26.3 Å². The molecule has 2 aliphatic rings. The Balaban J connectivity index is 1.96. The molecule has 2 atom stereocenters. The van der Waals surface area contributed by atoms with Crippen molar-refractivity contribution in [1.82, 2.24) is 4.72 Å². The van der Waals surface area contributed by atoms with Crippen molar-refractivity contribution in [3.63, 3.8) is 0 Å². The lowest BCUT2D eigenvalue weighted by atomic mass is 10.1. The molecule has 2 fully saturated rings. The van der Waals surface area contributed by atoms with E-state index < -0.39 is 10.0 Å². The van der Waals surface area contributed by atoms with E-state index in [2.05, 4.69) is 4.72 Å². The highest BCUT2D eigenvalue weighted by molar-refractivity contribution is 7.90. The van der Waals surface area contributed by atoms with Gasteiger partial charge in [0.15, 0.2) is 0 Å². The van der Waals surface area contributed by atoms with Crippen molar-refractivity contribution < 1.29 is 8.42 Å². The number of rotatable bonds is 4. The van der Waals surface area contributed by atoms with Crippen LogP contribution >= 0.6 is 0 Å². The Hall–Kier alpha value is -0.130. The van der Waals surface area contributed by atoms with Crippen molar-refractivity contribution in [2.75, 3.05) is 6.54 Å². The second kappa shape index (κ2) is 3.79. The quantitative estimate of drug-likeness (QED) is 0.708. The van der Waals surface area contributed by atoms with E-state index >= 15 is 0 Å². The van der Waals surface area contributed by atoms with Gasteiger partial charge in [0, 0.05) is 6.04 Å². The van der Waals surface area contributed by atoms with Crippen LogP contribution in [-0.2, 0) is 10.0 Å². The molecule has 0 spiro atoms. The van der Waals surface area contributed by atoms with Gasteiger partial charge in [-0.05, 0) is 38.1 Å². The molecule has 3 N–H and O–H groups in total. The summed E-state index contributed by atoms with van der Waals surface area (Å²) < 4.78 is 26.1. The van der Waals surface area contributed by atoms with Gasteiger partial charge in [-0.3, -0.25) is 0 Å². The first kappa shape index (κ1) is 10.4. The Morgan fingerprint density at radius 3 is 2.50 bits per heavy atom.